The zero-order valence-corrected chi connectivity index (χ0v) is 24.8. The van der Waals surface area contributed by atoms with E-state index in [0.717, 1.165) is 82.9 Å². The molecule has 0 saturated heterocycles. The monoisotopic (exact) mass is 591 g/mol. The highest BCUT2D eigenvalue weighted by Crippen LogP contribution is 2.45. The second-order valence-electron chi connectivity index (χ2n) is 12.2. The Balaban J connectivity index is 1.24. The number of rotatable bonds is 7. The molecule has 2 aliphatic rings. The molecule has 2 aromatic carbocycles. The third-order valence-electron chi connectivity index (χ3n) is 9.55. The first-order valence-electron chi connectivity index (χ1n) is 15.2. The summed E-state index contributed by atoms with van der Waals surface area (Å²) in [5, 5.41) is 13.5. The van der Waals surface area contributed by atoms with Gasteiger partial charge in [-0.15, -0.1) is 0 Å². The van der Waals surface area contributed by atoms with Crippen molar-refractivity contribution in [1.29, 1.82) is 0 Å². The van der Waals surface area contributed by atoms with Crippen molar-refractivity contribution in [2.45, 2.75) is 56.4 Å². The van der Waals surface area contributed by atoms with E-state index in [-0.39, 0.29) is 11.7 Å². The van der Waals surface area contributed by atoms with Gasteiger partial charge in [-0.3, -0.25) is 9.78 Å². The maximum Gasteiger partial charge on any atom is 0.328 e. The van der Waals surface area contributed by atoms with Crippen LogP contribution in [-0.4, -0.2) is 36.1 Å². The summed E-state index contributed by atoms with van der Waals surface area (Å²) in [4.78, 5) is 34.2. The first-order chi connectivity index (χ1) is 21.2. The molecule has 9 heteroatoms. The number of nitrogens with zero attached hydrogens (tertiary/aromatic N) is 4. The molecule has 44 heavy (non-hydrogen) atoms. The number of hydrogen-bond acceptors (Lipinski definition) is 4. The number of imidazole rings is 1. The fraction of sp³-hybridized carbons (Fsp3) is 0.314. The molecule has 0 aliphatic heterocycles. The molecule has 2 saturated carbocycles. The van der Waals surface area contributed by atoms with E-state index in [4.69, 9.17) is 10.1 Å². The topological polar surface area (TPSA) is 102 Å². The summed E-state index contributed by atoms with van der Waals surface area (Å²) in [5.41, 5.74) is 6.31. The zero-order valence-electron chi connectivity index (χ0n) is 24.8. The van der Waals surface area contributed by atoms with Crippen LogP contribution in [0.5, 0.6) is 0 Å². The molecule has 8 nitrogen and oxygen atoms in total. The number of amides is 1. The summed E-state index contributed by atoms with van der Waals surface area (Å²) in [7, 11) is 3.93. The number of carboxylic acid groups (broad SMARTS) is 1. The molecular weight excluding hydrogens is 557 g/mol. The maximum absolute atomic E-state index is 13.9. The molecule has 2 fully saturated rings. The summed E-state index contributed by atoms with van der Waals surface area (Å²) < 4.78 is 17.9. The van der Waals surface area contributed by atoms with E-state index in [1.807, 2.05) is 49.0 Å². The van der Waals surface area contributed by atoms with Crippen molar-refractivity contribution >= 4 is 39.9 Å². The van der Waals surface area contributed by atoms with Crippen LogP contribution in [0.15, 0.2) is 60.8 Å². The maximum atomic E-state index is 13.9. The molecule has 0 bridgehead atoms. The fourth-order valence-electron chi connectivity index (χ4n) is 7.19. The molecule has 0 spiro atoms. The number of pyridine rings is 1. The molecule has 0 unspecified atom stereocenters. The van der Waals surface area contributed by atoms with E-state index in [0.29, 0.717) is 11.5 Å². The summed E-state index contributed by atoms with van der Waals surface area (Å²) in [6.07, 6.45) is 11.0. The van der Waals surface area contributed by atoms with Crippen LogP contribution < -0.4 is 5.32 Å². The van der Waals surface area contributed by atoms with Crippen LogP contribution in [0, 0.1) is 5.82 Å². The van der Waals surface area contributed by atoms with Crippen LogP contribution in [0.3, 0.4) is 0 Å². The zero-order chi connectivity index (χ0) is 30.6. The summed E-state index contributed by atoms with van der Waals surface area (Å²) in [6, 6.07) is 14.7. The lowest BCUT2D eigenvalue weighted by Crippen LogP contribution is -2.52. The molecule has 2 aliphatic carbocycles. The molecule has 3 heterocycles. The van der Waals surface area contributed by atoms with E-state index < -0.39 is 11.5 Å². The van der Waals surface area contributed by atoms with Gasteiger partial charge in [-0.2, -0.15) is 0 Å². The molecule has 5 aromatic rings. The standard InChI is InChI=1S/C35H34FN5O3/c1-40-28-19-23(10-12-25(28)31(22-6-3-4-7-22)32(40)27-14-11-24(36)20-37-27)33(44)39-35(16-5-17-35)34-38-26-13-8-21(9-15-30(42)43)18-29(26)41(34)2/h8-15,18-20,22H,3-7,16-17H2,1-2H3,(H,39,44)(H,42,43). The SMILES string of the molecule is Cn1c(C2(NC(=O)c3ccc4c(C5CCCC5)c(-c5ccc(F)cn5)n(C)c4c3)CCC2)nc2ccc(C=CC(=O)O)cc21. The minimum Gasteiger partial charge on any atom is -0.478 e. The third-order valence-corrected chi connectivity index (χ3v) is 9.55. The molecule has 2 N–H and O–H groups in total. The average molecular weight is 592 g/mol. The number of carboxylic acids is 1. The molecule has 224 valence electrons. The van der Waals surface area contributed by atoms with Crippen LogP contribution in [0.4, 0.5) is 4.39 Å². The smallest absolute Gasteiger partial charge is 0.328 e. The number of aromatic nitrogens is 4. The van der Waals surface area contributed by atoms with Crippen molar-refractivity contribution in [3.63, 3.8) is 0 Å². The van der Waals surface area contributed by atoms with Crippen LogP contribution in [-0.2, 0) is 24.4 Å². The van der Waals surface area contributed by atoms with Crippen molar-refractivity contribution in [2.75, 3.05) is 0 Å². The van der Waals surface area contributed by atoms with Crippen LogP contribution in [0.1, 0.15) is 78.2 Å². The van der Waals surface area contributed by atoms with Gasteiger partial charge in [-0.25, -0.2) is 14.2 Å². The molecule has 0 radical (unpaired) electrons. The number of aliphatic carboxylic acids is 1. The first-order valence-corrected chi connectivity index (χ1v) is 15.2. The highest BCUT2D eigenvalue weighted by Gasteiger charge is 2.44. The van der Waals surface area contributed by atoms with Gasteiger partial charge >= 0.3 is 5.97 Å². The summed E-state index contributed by atoms with van der Waals surface area (Å²) in [6.45, 7) is 0. The minimum atomic E-state index is -1.00. The molecule has 7 rings (SSSR count). The Bertz CT molecular complexity index is 1960. The fourth-order valence-corrected chi connectivity index (χ4v) is 7.19. The summed E-state index contributed by atoms with van der Waals surface area (Å²) in [5.74, 6) is -0.335. The lowest BCUT2D eigenvalue weighted by Gasteiger charge is -2.41. The largest absolute Gasteiger partial charge is 0.478 e. The highest BCUT2D eigenvalue weighted by atomic mass is 19.1. The van der Waals surface area contributed by atoms with Gasteiger partial charge in [0.2, 0.25) is 0 Å². The average Bonchev–Trinajstić information content (AvgIpc) is 3.71. The second-order valence-corrected chi connectivity index (χ2v) is 12.2. The quantitative estimate of drug-likeness (QED) is 0.202. The number of fused-ring (bicyclic) bond motifs is 2. The highest BCUT2D eigenvalue weighted by molar-refractivity contribution is 6.01. The normalized spacial score (nSPS) is 16.6. The van der Waals surface area contributed by atoms with Crippen molar-refractivity contribution < 1.29 is 19.1 Å². The first kappa shape index (κ1) is 28.0. The van der Waals surface area contributed by atoms with Crippen LogP contribution >= 0.6 is 0 Å². The Hall–Kier alpha value is -4.79. The van der Waals surface area contributed by atoms with Gasteiger partial charge in [0, 0.05) is 36.6 Å². The number of hydrogen-bond donors (Lipinski definition) is 2. The van der Waals surface area contributed by atoms with Crippen LogP contribution in [0.25, 0.3) is 39.4 Å². The van der Waals surface area contributed by atoms with Crippen molar-refractivity contribution in [3.8, 4) is 11.4 Å². The van der Waals surface area contributed by atoms with Crippen molar-refractivity contribution in [3.05, 3.63) is 89.1 Å². The molecule has 3 aromatic heterocycles. The summed E-state index contributed by atoms with van der Waals surface area (Å²) >= 11 is 0. The van der Waals surface area contributed by atoms with Gasteiger partial charge in [0.15, 0.2) is 0 Å². The van der Waals surface area contributed by atoms with E-state index >= 15 is 0 Å². The lowest BCUT2D eigenvalue weighted by molar-refractivity contribution is -0.131. The minimum absolute atomic E-state index is 0.159. The third kappa shape index (κ3) is 4.67. The van der Waals surface area contributed by atoms with E-state index in [1.54, 1.807) is 12.1 Å². The molecular formula is C35H34FN5O3. The van der Waals surface area contributed by atoms with Crippen molar-refractivity contribution in [2.24, 2.45) is 14.1 Å². The number of benzene rings is 2. The predicted molar refractivity (Wildman–Crippen MR) is 168 cm³/mol. The van der Waals surface area contributed by atoms with Gasteiger partial charge in [-0.05, 0) is 91.6 Å². The van der Waals surface area contributed by atoms with Gasteiger partial charge in [0.25, 0.3) is 5.91 Å². The molecule has 0 atom stereocenters. The Morgan fingerprint density at radius 3 is 2.48 bits per heavy atom. The van der Waals surface area contributed by atoms with E-state index in [2.05, 4.69) is 20.9 Å². The lowest BCUT2D eigenvalue weighted by atomic mass is 9.75. The number of nitrogens with one attached hydrogen (secondary N) is 1. The number of carbonyl (C=O) groups is 2. The van der Waals surface area contributed by atoms with Crippen molar-refractivity contribution in [1.82, 2.24) is 24.4 Å². The Kier molecular flexibility index (Phi) is 6.83. The Morgan fingerprint density at radius 2 is 1.80 bits per heavy atom. The van der Waals surface area contributed by atoms with Gasteiger partial charge in [0.1, 0.15) is 11.6 Å². The van der Waals surface area contributed by atoms with E-state index in [9.17, 15) is 14.0 Å². The second kappa shape index (κ2) is 10.7. The Morgan fingerprint density at radius 1 is 1.00 bits per heavy atom. The van der Waals surface area contributed by atoms with Gasteiger partial charge in [0.05, 0.1) is 34.2 Å². The predicted octanol–water partition coefficient (Wildman–Crippen LogP) is 6.83. The van der Waals surface area contributed by atoms with Crippen LogP contribution in [0.2, 0.25) is 0 Å². The number of halogens is 1. The van der Waals surface area contributed by atoms with E-state index in [1.165, 1.54) is 30.7 Å². The van der Waals surface area contributed by atoms with Gasteiger partial charge in [-0.1, -0.05) is 25.0 Å². The van der Waals surface area contributed by atoms with Gasteiger partial charge < -0.3 is 19.6 Å². The number of aryl methyl sites for hydroxylation is 2. The molecule has 1 amide bonds. The number of carbonyl (C=O) groups excluding carboxylic acids is 1. The Labute approximate surface area is 254 Å².